The molecular weight excluding hydrogens is 371 g/mol. The zero-order valence-corrected chi connectivity index (χ0v) is 16.2. The summed E-state index contributed by atoms with van der Waals surface area (Å²) in [6.45, 7) is 4.92. The van der Waals surface area contributed by atoms with E-state index < -0.39 is 15.4 Å². The summed E-state index contributed by atoms with van der Waals surface area (Å²) in [6.07, 6.45) is 2.81. The van der Waals surface area contributed by atoms with Crippen LogP contribution in [0.15, 0.2) is 18.2 Å². The first-order chi connectivity index (χ1) is 11.2. The van der Waals surface area contributed by atoms with Crippen molar-refractivity contribution in [2.24, 2.45) is 0 Å². The molecule has 0 bridgehead atoms. The molecule has 0 aliphatic carbocycles. The fourth-order valence-electron chi connectivity index (χ4n) is 2.80. The average Bonchev–Trinajstić information content (AvgIpc) is 2.54. The summed E-state index contributed by atoms with van der Waals surface area (Å²) in [5.74, 6) is 0. The van der Waals surface area contributed by atoms with Crippen molar-refractivity contribution in [2.75, 3.05) is 39.0 Å². The van der Waals surface area contributed by atoms with Crippen molar-refractivity contribution in [2.45, 2.75) is 18.8 Å². The molecule has 24 heavy (non-hydrogen) atoms. The molecular formula is C16H22Cl2N2O3S. The zero-order chi connectivity index (χ0) is 18.0. The lowest BCUT2D eigenvalue weighted by atomic mass is 9.81. The molecule has 0 N–H and O–H groups in total. The van der Waals surface area contributed by atoms with Crippen LogP contribution in [0.4, 0.5) is 0 Å². The fourth-order valence-corrected chi connectivity index (χ4v) is 3.92. The van der Waals surface area contributed by atoms with E-state index in [1.165, 1.54) is 10.6 Å². The second-order valence-electron chi connectivity index (χ2n) is 6.42. The number of sulfonamides is 1. The van der Waals surface area contributed by atoms with Gasteiger partial charge in [0.1, 0.15) is 6.29 Å². The van der Waals surface area contributed by atoms with Crippen LogP contribution in [0.1, 0.15) is 18.9 Å². The Morgan fingerprint density at radius 1 is 1.17 bits per heavy atom. The minimum Gasteiger partial charge on any atom is -0.302 e. The maximum atomic E-state index is 11.7. The van der Waals surface area contributed by atoms with Crippen molar-refractivity contribution < 1.29 is 13.2 Å². The molecule has 8 heteroatoms. The summed E-state index contributed by atoms with van der Waals surface area (Å²) >= 11 is 12.0. The Morgan fingerprint density at radius 3 is 2.29 bits per heavy atom. The van der Waals surface area contributed by atoms with Gasteiger partial charge in [0, 0.05) is 31.6 Å². The van der Waals surface area contributed by atoms with E-state index in [9.17, 15) is 13.2 Å². The van der Waals surface area contributed by atoms with Crippen molar-refractivity contribution >= 4 is 39.5 Å². The molecule has 134 valence electrons. The highest BCUT2D eigenvalue weighted by Crippen LogP contribution is 2.31. The molecule has 1 aliphatic heterocycles. The lowest BCUT2D eigenvalue weighted by Crippen LogP contribution is -2.49. The third-order valence-electron chi connectivity index (χ3n) is 4.59. The van der Waals surface area contributed by atoms with Crippen molar-refractivity contribution in [3.8, 4) is 0 Å². The summed E-state index contributed by atoms with van der Waals surface area (Å²) in [6, 6.07) is 5.26. The molecule has 2 rings (SSSR count). The Morgan fingerprint density at radius 2 is 1.79 bits per heavy atom. The zero-order valence-electron chi connectivity index (χ0n) is 13.8. The minimum atomic E-state index is -3.13. The minimum absolute atomic E-state index is 0.434. The third-order valence-corrected chi connectivity index (χ3v) is 6.63. The van der Waals surface area contributed by atoms with Crippen LogP contribution < -0.4 is 0 Å². The van der Waals surface area contributed by atoms with E-state index in [-0.39, 0.29) is 0 Å². The van der Waals surface area contributed by atoms with E-state index in [1.807, 2.05) is 13.0 Å². The van der Waals surface area contributed by atoms with E-state index in [1.54, 1.807) is 12.1 Å². The van der Waals surface area contributed by atoms with Gasteiger partial charge in [-0.15, -0.1) is 0 Å². The van der Waals surface area contributed by atoms with Gasteiger partial charge in [-0.3, -0.25) is 0 Å². The first kappa shape index (κ1) is 19.7. The second-order valence-corrected chi connectivity index (χ2v) is 9.21. The number of benzene rings is 1. The van der Waals surface area contributed by atoms with Gasteiger partial charge in [-0.25, -0.2) is 8.42 Å². The van der Waals surface area contributed by atoms with Crippen LogP contribution in [0.25, 0.3) is 0 Å². The lowest BCUT2D eigenvalue weighted by molar-refractivity contribution is -0.112. The van der Waals surface area contributed by atoms with Crippen LogP contribution in [0.5, 0.6) is 0 Å². The van der Waals surface area contributed by atoms with Gasteiger partial charge < -0.3 is 9.69 Å². The summed E-state index contributed by atoms with van der Waals surface area (Å²) in [5, 5.41) is 0.898. The number of piperazine rings is 1. The molecule has 1 saturated heterocycles. The third kappa shape index (κ3) is 4.70. The fraction of sp³-hybridized carbons (Fsp3) is 0.562. The summed E-state index contributed by atoms with van der Waals surface area (Å²) < 4.78 is 24.6. The highest BCUT2D eigenvalue weighted by Gasteiger charge is 2.29. The molecule has 0 saturated carbocycles. The molecule has 1 aromatic rings. The predicted molar refractivity (Wildman–Crippen MR) is 97.4 cm³/mol. The van der Waals surface area contributed by atoms with Crippen molar-refractivity contribution in [1.29, 1.82) is 0 Å². The van der Waals surface area contributed by atoms with Crippen LogP contribution in [0.2, 0.25) is 10.0 Å². The normalized spacial score (nSPS) is 19.8. The summed E-state index contributed by atoms with van der Waals surface area (Å²) in [4.78, 5) is 13.9. The van der Waals surface area contributed by atoms with Crippen LogP contribution >= 0.6 is 23.2 Å². The van der Waals surface area contributed by atoms with Gasteiger partial charge in [0.2, 0.25) is 10.0 Å². The number of carbonyl (C=O) groups is 1. The molecule has 1 heterocycles. The molecule has 5 nitrogen and oxygen atoms in total. The maximum absolute atomic E-state index is 11.7. The van der Waals surface area contributed by atoms with E-state index in [4.69, 9.17) is 23.2 Å². The quantitative estimate of drug-likeness (QED) is 0.697. The lowest BCUT2D eigenvalue weighted by Gasteiger charge is -2.35. The van der Waals surface area contributed by atoms with E-state index in [0.717, 1.165) is 11.8 Å². The van der Waals surface area contributed by atoms with Crippen LogP contribution in [-0.4, -0.2) is 62.9 Å². The van der Waals surface area contributed by atoms with Crippen molar-refractivity contribution in [1.82, 2.24) is 9.21 Å². The first-order valence-electron chi connectivity index (χ1n) is 7.75. The van der Waals surface area contributed by atoms with Crippen molar-refractivity contribution in [3.05, 3.63) is 33.8 Å². The molecule has 1 aliphatic rings. The maximum Gasteiger partial charge on any atom is 0.211 e. The number of nitrogens with zero attached hydrogens (tertiary/aromatic N) is 2. The van der Waals surface area contributed by atoms with Gasteiger partial charge >= 0.3 is 0 Å². The molecule has 0 amide bonds. The number of rotatable bonds is 6. The number of carbonyl (C=O) groups excluding carboxylic acids is 1. The first-order valence-corrected chi connectivity index (χ1v) is 10.4. The van der Waals surface area contributed by atoms with Crippen LogP contribution in [0, 0.1) is 0 Å². The summed E-state index contributed by atoms with van der Waals surface area (Å²) in [7, 11) is -3.13. The van der Waals surface area contributed by atoms with E-state index in [0.29, 0.717) is 49.2 Å². The second kappa shape index (κ2) is 7.70. The highest BCUT2D eigenvalue weighted by atomic mass is 35.5. The van der Waals surface area contributed by atoms with Gasteiger partial charge in [0.05, 0.1) is 16.3 Å². The SMILES string of the molecule is CC(C=O)(CCN1CCN(S(C)(=O)=O)CC1)c1ccc(Cl)c(Cl)c1. The molecule has 1 fully saturated rings. The number of hydrogen-bond acceptors (Lipinski definition) is 4. The number of hydrogen-bond donors (Lipinski definition) is 0. The standard InChI is InChI=1S/C16H22Cl2N2O3S/c1-16(12-21,13-3-4-14(17)15(18)11-13)5-6-19-7-9-20(10-8-19)24(2,22)23/h3-4,11-12H,5-10H2,1-2H3. The van der Waals surface area contributed by atoms with Crippen LogP contribution in [-0.2, 0) is 20.2 Å². The van der Waals surface area contributed by atoms with Gasteiger partial charge in [0.15, 0.2) is 0 Å². The van der Waals surface area contributed by atoms with Gasteiger partial charge in [-0.05, 0) is 37.6 Å². The Bertz CT molecular complexity index is 703. The molecule has 1 aromatic carbocycles. The van der Waals surface area contributed by atoms with E-state index >= 15 is 0 Å². The van der Waals surface area contributed by atoms with Crippen LogP contribution in [0.3, 0.4) is 0 Å². The monoisotopic (exact) mass is 392 g/mol. The topological polar surface area (TPSA) is 57.7 Å². The smallest absolute Gasteiger partial charge is 0.211 e. The largest absolute Gasteiger partial charge is 0.302 e. The predicted octanol–water partition coefficient (Wildman–Crippen LogP) is 2.42. The Labute approximate surface area is 153 Å². The average molecular weight is 393 g/mol. The van der Waals surface area contributed by atoms with Gasteiger partial charge in [-0.2, -0.15) is 4.31 Å². The molecule has 0 radical (unpaired) electrons. The Hall–Kier alpha value is -0.660. The van der Waals surface area contributed by atoms with E-state index in [2.05, 4.69) is 4.90 Å². The number of aldehydes is 1. The highest BCUT2D eigenvalue weighted by molar-refractivity contribution is 7.88. The number of halogens is 2. The van der Waals surface area contributed by atoms with Gasteiger partial charge in [-0.1, -0.05) is 29.3 Å². The molecule has 0 spiro atoms. The summed E-state index contributed by atoms with van der Waals surface area (Å²) in [5.41, 5.74) is 0.184. The molecule has 1 atom stereocenters. The Kier molecular flexibility index (Phi) is 6.31. The van der Waals surface area contributed by atoms with Gasteiger partial charge in [0.25, 0.3) is 0 Å². The molecule has 1 unspecified atom stereocenters. The van der Waals surface area contributed by atoms with Crippen molar-refractivity contribution in [3.63, 3.8) is 0 Å². The molecule has 0 aromatic heterocycles. The Balaban J connectivity index is 1.99.